The van der Waals surface area contributed by atoms with E-state index in [0.29, 0.717) is 34.3 Å². The summed E-state index contributed by atoms with van der Waals surface area (Å²) in [5.41, 5.74) is 0.636. The van der Waals surface area contributed by atoms with E-state index < -0.39 is 17.2 Å². The van der Waals surface area contributed by atoms with E-state index in [4.69, 9.17) is 18.3 Å². The number of hydrogen-bond donors (Lipinski definition) is 0. The summed E-state index contributed by atoms with van der Waals surface area (Å²) >= 11 is 0. The molecule has 0 aliphatic heterocycles. The van der Waals surface area contributed by atoms with Gasteiger partial charge in [0.25, 0.3) is 0 Å². The van der Waals surface area contributed by atoms with Crippen LogP contribution in [0.3, 0.4) is 0 Å². The highest BCUT2D eigenvalue weighted by Gasteiger charge is 2.16. The first-order valence-corrected chi connectivity index (χ1v) is 11.0. The SMILES string of the molecule is CCOc1cccc2cc(-c3cc(=O)oc4cc(OC(=O)Cc5ccccc5)ccc34)c(=O)oc12. The van der Waals surface area contributed by atoms with E-state index in [9.17, 15) is 14.4 Å². The van der Waals surface area contributed by atoms with Crippen molar-refractivity contribution in [1.29, 1.82) is 0 Å². The highest BCUT2D eigenvalue weighted by atomic mass is 16.5. The van der Waals surface area contributed by atoms with E-state index in [1.165, 1.54) is 12.1 Å². The first kappa shape index (κ1) is 22.2. The predicted octanol–water partition coefficient (Wildman–Crippen LogP) is 5.11. The average molecular weight is 468 g/mol. The third-order valence-electron chi connectivity index (χ3n) is 5.45. The molecule has 0 saturated heterocycles. The quantitative estimate of drug-likeness (QED) is 0.194. The molecule has 0 atom stereocenters. The minimum atomic E-state index is -0.650. The second-order valence-electron chi connectivity index (χ2n) is 7.83. The molecular formula is C28H20O7. The van der Waals surface area contributed by atoms with E-state index in [2.05, 4.69) is 0 Å². The molecule has 0 saturated carbocycles. The van der Waals surface area contributed by atoms with E-state index in [-0.39, 0.29) is 23.3 Å². The van der Waals surface area contributed by atoms with Crippen LogP contribution in [-0.2, 0) is 11.2 Å². The Hall–Kier alpha value is -4.65. The Bertz CT molecular complexity index is 1660. The van der Waals surface area contributed by atoms with Gasteiger partial charge in [-0.2, -0.15) is 0 Å². The summed E-state index contributed by atoms with van der Waals surface area (Å²) < 4.78 is 21.9. The summed E-state index contributed by atoms with van der Waals surface area (Å²) in [5.74, 6) is 0.244. The topological polar surface area (TPSA) is 96.0 Å². The molecule has 0 aliphatic rings. The van der Waals surface area contributed by atoms with Crippen molar-refractivity contribution < 1.29 is 23.1 Å². The van der Waals surface area contributed by atoms with Crippen LogP contribution in [-0.4, -0.2) is 12.6 Å². The molecule has 0 amide bonds. The number of fused-ring (bicyclic) bond motifs is 2. The number of benzene rings is 3. The van der Waals surface area contributed by atoms with Crippen LogP contribution in [0.25, 0.3) is 33.1 Å². The van der Waals surface area contributed by atoms with Gasteiger partial charge in [0, 0.05) is 28.5 Å². The van der Waals surface area contributed by atoms with Gasteiger partial charge in [-0.3, -0.25) is 4.79 Å². The Labute approximate surface area is 199 Å². The van der Waals surface area contributed by atoms with Crippen LogP contribution >= 0.6 is 0 Å². The van der Waals surface area contributed by atoms with Crippen molar-refractivity contribution in [3.05, 3.63) is 105 Å². The Morgan fingerprint density at radius 3 is 2.49 bits per heavy atom. The van der Waals surface area contributed by atoms with Gasteiger partial charge in [0.1, 0.15) is 11.3 Å². The highest BCUT2D eigenvalue weighted by Crippen LogP contribution is 2.32. The second kappa shape index (κ2) is 9.30. The molecule has 0 N–H and O–H groups in total. The third kappa shape index (κ3) is 4.56. The van der Waals surface area contributed by atoms with Crippen molar-refractivity contribution in [2.24, 2.45) is 0 Å². The van der Waals surface area contributed by atoms with E-state index in [1.54, 1.807) is 36.4 Å². The molecule has 2 heterocycles. The van der Waals surface area contributed by atoms with Crippen molar-refractivity contribution in [3.63, 3.8) is 0 Å². The lowest BCUT2D eigenvalue weighted by atomic mass is 10.0. The fourth-order valence-electron chi connectivity index (χ4n) is 3.93. The van der Waals surface area contributed by atoms with Gasteiger partial charge in [0.05, 0.1) is 18.6 Å². The fraction of sp³-hybridized carbons (Fsp3) is 0.107. The van der Waals surface area contributed by atoms with Gasteiger partial charge in [0.2, 0.25) is 0 Å². The molecule has 0 spiro atoms. The van der Waals surface area contributed by atoms with Gasteiger partial charge in [-0.05, 0) is 36.8 Å². The summed E-state index contributed by atoms with van der Waals surface area (Å²) in [6, 6.07) is 22.1. The first-order valence-electron chi connectivity index (χ1n) is 11.0. The van der Waals surface area contributed by atoms with Gasteiger partial charge in [0.15, 0.2) is 11.3 Å². The number of carbonyl (C=O) groups excluding carboxylic acids is 1. The molecular weight excluding hydrogens is 448 g/mol. The standard InChI is InChI=1S/C28H20O7/c1-2-32-23-10-6-9-18-14-22(28(31)35-27(18)23)21-16-26(30)34-24-15-19(11-12-20(21)24)33-25(29)13-17-7-4-3-5-8-17/h3-12,14-16H,2,13H2,1H3. The van der Waals surface area contributed by atoms with Crippen molar-refractivity contribution in [2.45, 2.75) is 13.3 Å². The molecule has 0 unspecified atom stereocenters. The summed E-state index contributed by atoms with van der Waals surface area (Å²) in [6.07, 6.45) is 0.102. The number of para-hydroxylation sites is 1. The zero-order chi connectivity index (χ0) is 24.4. The summed E-state index contributed by atoms with van der Waals surface area (Å²) in [5, 5.41) is 1.15. The normalized spacial score (nSPS) is 11.0. The zero-order valence-electron chi connectivity index (χ0n) is 18.8. The zero-order valence-corrected chi connectivity index (χ0v) is 18.8. The molecule has 3 aromatic carbocycles. The predicted molar refractivity (Wildman–Crippen MR) is 131 cm³/mol. The fourth-order valence-corrected chi connectivity index (χ4v) is 3.93. The molecule has 0 fully saturated rings. The van der Waals surface area contributed by atoms with Crippen LogP contribution in [0.5, 0.6) is 11.5 Å². The Morgan fingerprint density at radius 2 is 1.69 bits per heavy atom. The summed E-state index contributed by atoms with van der Waals surface area (Å²) in [6.45, 7) is 2.26. The third-order valence-corrected chi connectivity index (χ3v) is 5.45. The molecule has 7 nitrogen and oxygen atoms in total. The van der Waals surface area contributed by atoms with Crippen LogP contribution in [0, 0.1) is 0 Å². The van der Waals surface area contributed by atoms with Crippen LogP contribution < -0.4 is 20.7 Å². The second-order valence-corrected chi connectivity index (χ2v) is 7.83. The van der Waals surface area contributed by atoms with E-state index in [1.807, 2.05) is 37.3 Å². The van der Waals surface area contributed by atoms with Crippen molar-refractivity contribution in [1.82, 2.24) is 0 Å². The lowest BCUT2D eigenvalue weighted by molar-refractivity contribution is -0.133. The van der Waals surface area contributed by atoms with Crippen LogP contribution in [0.2, 0.25) is 0 Å². The van der Waals surface area contributed by atoms with E-state index >= 15 is 0 Å². The van der Waals surface area contributed by atoms with Crippen molar-refractivity contribution in [3.8, 4) is 22.6 Å². The van der Waals surface area contributed by atoms with Gasteiger partial charge >= 0.3 is 17.2 Å². The number of esters is 1. The Balaban J connectivity index is 1.54. The van der Waals surface area contributed by atoms with Crippen molar-refractivity contribution >= 4 is 27.9 Å². The van der Waals surface area contributed by atoms with Gasteiger partial charge < -0.3 is 18.3 Å². The van der Waals surface area contributed by atoms with Gasteiger partial charge in [-0.1, -0.05) is 42.5 Å². The number of ether oxygens (including phenoxy) is 2. The molecule has 2 aromatic heterocycles. The molecule has 5 aromatic rings. The average Bonchev–Trinajstić information content (AvgIpc) is 2.84. The minimum Gasteiger partial charge on any atom is -0.490 e. The van der Waals surface area contributed by atoms with Crippen molar-refractivity contribution in [2.75, 3.05) is 6.61 Å². The highest BCUT2D eigenvalue weighted by molar-refractivity contribution is 5.96. The molecule has 7 heteroatoms. The molecule has 0 radical (unpaired) electrons. The monoisotopic (exact) mass is 468 g/mol. The molecule has 5 rings (SSSR count). The Morgan fingerprint density at radius 1 is 0.857 bits per heavy atom. The number of hydrogen-bond acceptors (Lipinski definition) is 7. The van der Waals surface area contributed by atoms with Gasteiger partial charge in [-0.15, -0.1) is 0 Å². The maximum Gasteiger partial charge on any atom is 0.344 e. The number of carbonyl (C=O) groups is 1. The lowest BCUT2D eigenvalue weighted by Crippen LogP contribution is -2.11. The Kier molecular flexibility index (Phi) is 5.89. The maximum absolute atomic E-state index is 12.9. The molecule has 0 bridgehead atoms. The number of rotatable bonds is 6. The van der Waals surface area contributed by atoms with Crippen LogP contribution in [0.1, 0.15) is 12.5 Å². The summed E-state index contributed by atoms with van der Waals surface area (Å²) in [7, 11) is 0. The lowest BCUT2D eigenvalue weighted by Gasteiger charge is -2.09. The van der Waals surface area contributed by atoms with Crippen LogP contribution in [0.15, 0.2) is 97.3 Å². The first-order chi connectivity index (χ1) is 17.0. The maximum atomic E-state index is 12.9. The van der Waals surface area contributed by atoms with E-state index in [0.717, 1.165) is 5.56 Å². The van der Waals surface area contributed by atoms with Crippen LogP contribution in [0.4, 0.5) is 0 Å². The largest absolute Gasteiger partial charge is 0.490 e. The molecule has 35 heavy (non-hydrogen) atoms. The molecule has 174 valence electrons. The molecule has 0 aliphatic carbocycles. The van der Waals surface area contributed by atoms with Gasteiger partial charge in [-0.25, -0.2) is 9.59 Å². The smallest absolute Gasteiger partial charge is 0.344 e. The summed E-state index contributed by atoms with van der Waals surface area (Å²) in [4.78, 5) is 37.6. The minimum absolute atomic E-state index is 0.102.